The van der Waals surface area contributed by atoms with Gasteiger partial charge in [0.15, 0.2) is 5.78 Å². The zero-order valence-corrected chi connectivity index (χ0v) is 12.5. The quantitative estimate of drug-likeness (QED) is 0.796. The van der Waals surface area contributed by atoms with Gasteiger partial charge in [0.25, 0.3) is 0 Å². The third-order valence-corrected chi connectivity index (χ3v) is 3.87. The van der Waals surface area contributed by atoms with Crippen molar-refractivity contribution in [3.63, 3.8) is 0 Å². The van der Waals surface area contributed by atoms with Gasteiger partial charge in [-0.25, -0.2) is 13.1 Å². The van der Waals surface area contributed by atoms with Crippen LogP contribution in [-0.4, -0.2) is 26.0 Å². The fraction of sp³-hybridized carbons (Fsp3) is 0.917. The first-order chi connectivity index (χ1) is 7.49. The molecule has 0 saturated carbocycles. The van der Waals surface area contributed by atoms with Gasteiger partial charge in [0.1, 0.15) is 0 Å². The molecule has 0 rings (SSSR count). The maximum absolute atomic E-state index is 12.2. The second-order valence-corrected chi connectivity index (χ2v) is 7.86. The summed E-state index contributed by atoms with van der Waals surface area (Å²) in [5.74, 6) is 0.216. The Morgan fingerprint density at radius 1 is 1.24 bits per heavy atom. The molecule has 0 aromatic rings. The standard InChI is InChI=1S/C12H25NO3S/c1-7-17(15,16)13-10(8-9(2)3)11(14)12(4,5)6/h9-10,13H,7-8H2,1-6H3/t10-/m1/s1. The Hall–Kier alpha value is -0.420. The van der Waals surface area contributed by atoms with Crippen molar-refractivity contribution >= 4 is 15.8 Å². The first-order valence-electron chi connectivity index (χ1n) is 6.04. The molecule has 0 aliphatic heterocycles. The molecule has 0 aliphatic rings. The van der Waals surface area contributed by atoms with Crippen molar-refractivity contribution in [2.24, 2.45) is 11.3 Å². The minimum Gasteiger partial charge on any atom is -0.297 e. The molecule has 0 amide bonds. The highest BCUT2D eigenvalue weighted by Gasteiger charge is 2.32. The number of carbonyl (C=O) groups excluding carboxylic acids is 1. The Bertz CT molecular complexity index is 352. The van der Waals surface area contributed by atoms with Crippen molar-refractivity contribution in [3.8, 4) is 0 Å². The number of Topliss-reactive ketones (excluding diaryl/α,β-unsaturated/α-hetero) is 1. The summed E-state index contributed by atoms with van der Waals surface area (Å²) in [5, 5.41) is 0. The molecule has 5 heteroatoms. The zero-order valence-electron chi connectivity index (χ0n) is 11.7. The van der Waals surface area contributed by atoms with Gasteiger partial charge in [0.2, 0.25) is 10.0 Å². The molecule has 4 nitrogen and oxygen atoms in total. The number of nitrogens with one attached hydrogen (secondary N) is 1. The summed E-state index contributed by atoms with van der Waals surface area (Å²) in [6.45, 7) is 10.9. The molecule has 0 saturated heterocycles. The van der Waals surface area contributed by atoms with E-state index in [1.54, 1.807) is 6.92 Å². The zero-order chi connectivity index (χ0) is 13.9. The van der Waals surface area contributed by atoms with Crippen molar-refractivity contribution in [3.05, 3.63) is 0 Å². The van der Waals surface area contributed by atoms with Crippen LogP contribution in [0.15, 0.2) is 0 Å². The highest BCUT2D eigenvalue weighted by molar-refractivity contribution is 7.89. The molecule has 0 aromatic heterocycles. The lowest BCUT2D eigenvalue weighted by atomic mass is 9.84. The fourth-order valence-electron chi connectivity index (χ4n) is 1.50. The lowest BCUT2D eigenvalue weighted by molar-refractivity contribution is -0.128. The van der Waals surface area contributed by atoms with E-state index in [-0.39, 0.29) is 17.5 Å². The van der Waals surface area contributed by atoms with Gasteiger partial charge in [-0.15, -0.1) is 0 Å². The maximum atomic E-state index is 12.2. The van der Waals surface area contributed by atoms with Gasteiger partial charge < -0.3 is 0 Å². The summed E-state index contributed by atoms with van der Waals surface area (Å²) in [5.41, 5.74) is -0.532. The highest BCUT2D eigenvalue weighted by atomic mass is 32.2. The maximum Gasteiger partial charge on any atom is 0.211 e. The molecule has 102 valence electrons. The molecule has 0 heterocycles. The second kappa shape index (κ2) is 5.96. The van der Waals surface area contributed by atoms with Gasteiger partial charge in [0.05, 0.1) is 11.8 Å². The van der Waals surface area contributed by atoms with Crippen LogP contribution in [0.2, 0.25) is 0 Å². The first-order valence-corrected chi connectivity index (χ1v) is 7.69. The van der Waals surface area contributed by atoms with E-state index in [4.69, 9.17) is 0 Å². The molecule has 0 aliphatic carbocycles. The Morgan fingerprint density at radius 3 is 2.00 bits per heavy atom. The van der Waals surface area contributed by atoms with E-state index in [0.29, 0.717) is 6.42 Å². The van der Waals surface area contributed by atoms with E-state index in [1.807, 2.05) is 34.6 Å². The topological polar surface area (TPSA) is 63.2 Å². The van der Waals surface area contributed by atoms with Gasteiger partial charge >= 0.3 is 0 Å². The minimum absolute atomic E-state index is 0.000974. The number of hydrogen-bond acceptors (Lipinski definition) is 3. The lowest BCUT2D eigenvalue weighted by Gasteiger charge is -2.26. The van der Waals surface area contributed by atoms with Crippen LogP contribution < -0.4 is 4.72 Å². The van der Waals surface area contributed by atoms with Crippen molar-refractivity contribution in [1.82, 2.24) is 4.72 Å². The van der Waals surface area contributed by atoms with Crippen LogP contribution in [0, 0.1) is 11.3 Å². The SMILES string of the molecule is CCS(=O)(=O)N[C@H](CC(C)C)C(=O)C(C)(C)C. The van der Waals surface area contributed by atoms with Gasteiger partial charge in [-0.3, -0.25) is 4.79 Å². The molecule has 1 atom stereocenters. The van der Waals surface area contributed by atoms with Crippen LogP contribution in [0.1, 0.15) is 48.0 Å². The van der Waals surface area contributed by atoms with E-state index < -0.39 is 21.5 Å². The number of carbonyl (C=O) groups is 1. The molecule has 0 spiro atoms. The number of sulfonamides is 1. The largest absolute Gasteiger partial charge is 0.297 e. The molecule has 0 aromatic carbocycles. The molecular weight excluding hydrogens is 238 g/mol. The van der Waals surface area contributed by atoms with Crippen molar-refractivity contribution < 1.29 is 13.2 Å². The Morgan fingerprint density at radius 2 is 1.71 bits per heavy atom. The summed E-state index contributed by atoms with van der Waals surface area (Å²) >= 11 is 0. The Balaban J connectivity index is 4.97. The minimum atomic E-state index is -3.34. The Kier molecular flexibility index (Phi) is 5.81. The predicted molar refractivity (Wildman–Crippen MR) is 70.3 cm³/mol. The van der Waals surface area contributed by atoms with Crippen LogP contribution in [-0.2, 0) is 14.8 Å². The van der Waals surface area contributed by atoms with Crippen molar-refractivity contribution in [1.29, 1.82) is 0 Å². The first kappa shape index (κ1) is 16.6. The number of hydrogen-bond donors (Lipinski definition) is 1. The van der Waals surface area contributed by atoms with Gasteiger partial charge in [-0.1, -0.05) is 34.6 Å². The van der Waals surface area contributed by atoms with Crippen molar-refractivity contribution in [2.75, 3.05) is 5.75 Å². The smallest absolute Gasteiger partial charge is 0.211 e. The molecule has 0 radical (unpaired) electrons. The predicted octanol–water partition coefficient (Wildman–Crippen LogP) is 1.96. The van der Waals surface area contributed by atoms with Crippen LogP contribution >= 0.6 is 0 Å². The summed E-state index contributed by atoms with van der Waals surface area (Å²) in [4.78, 5) is 12.2. The van der Waals surface area contributed by atoms with Gasteiger partial charge in [-0.05, 0) is 19.3 Å². The summed E-state index contributed by atoms with van der Waals surface area (Å²) in [6.07, 6.45) is 0.537. The molecule has 0 unspecified atom stereocenters. The third kappa shape index (κ3) is 6.17. The van der Waals surface area contributed by atoms with Gasteiger partial charge in [0, 0.05) is 5.41 Å². The van der Waals surface area contributed by atoms with Crippen LogP contribution in [0.25, 0.3) is 0 Å². The fourth-order valence-corrected chi connectivity index (χ4v) is 2.31. The van der Waals surface area contributed by atoms with E-state index in [9.17, 15) is 13.2 Å². The van der Waals surface area contributed by atoms with Gasteiger partial charge in [-0.2, -0.15) is 0 Å². The van der Waals surface area contributed by atoms with E-state index in [1.165, 1.54) is 0 Å². The molecule has 17 heavy (non-hydrogen) atoms. The third-order valence-electron chi connectivity index (χ3n) is 2.46. The molecule has 0 bridgehead atoms. The number of rotatable bonds is 6. The molecular formula is C12H25NO3S. The van der Waals surface area contributed by atoms with E-state index in [2.05, 4.69) is 4.72 Å². The highest BCUT2D eigenvalue weighted by Crippen LogP contribution is 2.20. The van der Waals surface area contributed by atoms with E-state index >= 15 is 0 Å². The van der Waals surface area contributed by atoms with Crippen LogP contribution in [0.4, 0.5) is 0 Å². The molecule has 1 N–H and O–H groups in total. The normalized spacial score (nSPS) is 15.0. The summed E-state index contributed by atoms with van der Waals surface area (Å²) in [7, 11) is -3.34. The van der Waals surface area contributed by atoms with Crippen LogP contribution in [0.5, 0.6) is 0 Å². The van der Waals surface area contributed by atoms with Crippen molar-refractivity contribution in [2.45, 2.75) is 54.0 Å². The molecule has 0 fully saturated rings. The average Bonchev–Trinajstić information content (AvgIpc) is 2.13. The Labute approximate surface area is 105 Å². The van der Waals surface area contributed by atoms with Crippen LogP contribution in [0.3, 0.4) is 0 Å². The summed E-state index contributed by atoms with van der Waals surface area (Å²) in [6, 6.07) is -0.611. The number of ketones is 1. The summed E-state index contributed by atoms with van der Waals surface area (Å²) < 4.78 is 25.6. The average molecular weight is 263 g/mol. The monoisotopic (exact) mass is 263 g/mol. The van der Waals surface area contributed by atoms with E-state index in [0.717, 1.165) is 0 Å². The lowest BCUT2D eigenvalue weighted by Crippen LogP contribution is -2.46. The second-order valence-electron chi connectivity index (χ2n) is 5.82.